The largest absolute Gasteiger partial charge is 0.481 e. The van der Waals surface area contributed by atoms with Crippen LogP contribution < -0.4 is 0 Å². The van der Waals surface area contributed by atoms with Crippen molar-refractivity contribution in [2.75, 3.05) is 13.2 Å². The van der Waals surface area contributed by atoms with Crippen molar-refractivity contribution in [2.24, 2.45) is 0 Å². The summed E-state index contributed by atoms with van der Waals surface area (Å²) >= 11 is 0. The third-order valence-corrected chi connectivity index (χ3v) is 2.60. The Morgan fingerprint density at radius 3 is 2.76 bits per heavy atom. The van der Waals surface area contributed by atoms with Crippen molar-refractivity contribution in [3.8, 4) is 0 Å². The number of nitrogens with zero attached hydrogens (tertiary/aromatic N) is 3. The molecule has 0 bridgehead atoms. The molecule has 1 heterocycles. The lowest BCUT2D eigenvalue weighted by Crippen LogP contribution is -2.17. The van der Waals surface area contributed by atoms with Crippen LogP contribution in [-0.4, -0.2) is 45.5 Å². The minimum atomic E-state index is -4.30. The van der Waals surface area contributed by atoms with E-state index in [-0.39, 0.29) is 13.0 Å². The lowest BCUT2D eigenvalue weighted by atomic mass is 10.1. The van der Waals surface area contributed by atoms with Crippen LogP contribution >= 0.6 is 0 Å². The van der Waals surface area contributed by atoms with Gasteiger partial charge in [-0.3, -0.25) is 9.48 Å². The lowest BCUT2D eigenvalue weighted by Gasteiger charge is -2.06. The van der Waals surface area contributed by atoms with E-state index in [1.807, 2.05) is 0 Å². The number of ether oxygens (including phenoxy) is 1. The number of unbranched alkanes of at least 4 members (excludes halogenated alkanes) is 1. The fraction of sp³-hybridized carbons (Fsp3) is 0.750. The number of aliphatic carboxylic acids is 1. The maximum Gasteiger partial charge on any atom is 0.411 e. The second-order valence-electron chi connectivity index (χ2n) is 4.60. The normalized spacial score (nSPS) is 11.8. The molecular weight excluding hydrogens is 291 g/mol. The third-order valence-electron chi connectivity index (χ3n) is 2.60. The number of aromatic nitrogens is 3. The molecule has 0 radical (unpaired) electrons. The first-order valence-corrected chi connectivity index (χ1v) is 6.62. The van der Waals surface area contributed by atoms with Crippen LogP contribution in [0.25, 0.3) is 0 Å². The Labute approximate surface area is 119 Å². The molecule has 0 aliphatic rings. The van der Waals surface area contributed by atoms with Crippen molar-refractivity contribution in [3.05, 3.63) is 11.9 Å². The number of carboxylic acids is 1. The summed E-state index contributed by atoms with van der Waals surface area (Å²) in [6.07, 6.45) is -0.117. The summed E-state index contributed by atoms with van der Waals surface area (Å²) < 4.78 is 41.5. The second kappa shape index (κ2) is 8.60. The Kier molecular flexibility index (Phi) is 7.13. The number of rotatable bonds is 10. The average molecular weight is 309 g/mol. The van der Waals surface area contributed by atoms with Crippen molar-refractivity contribution in [3.63, 3.8) is 0 Å². The topological polar surface area (TPSA) is 77.2 Å². The zero-order valence-electron chi connectivity index (χ0n) is 11.5. The molecule has 0 aliphatic heterocycles. The van der Waals surface area contributed by atoms with Crippen LogP contribution in [0.1, 0.15) is 31.4 Å². The first-order chi connectivity index (χ1) is 9.87. The molecule has 9 heteroatoms. The highest BCUT2D eigenvalue weighted by Crippen LogP contribution is 2.14. The van der Waals surface area contributed by atoms with Crippen LogP contribution in [-0.2, 0) is 22.5 Å². The number of halogens is 3. The molecular formula is C12H18F3N3O3. The van der Waals surface area contributed by atoms with E-state index in [4.69, 9.17) is 5.11 Å². The van der Waals surface area contributed by atoms with Crippen molar-refractivity contribution in [1.82, 2.24) is 15.0 Å². The van der Waals surface area contributed by atoms with E-state index in [9.17, 15) is 18.0 Å². The summed E-state index contributed by atoms with van der Waals surface area (Å²) in [5.41, 5.74) is 0.747. The number of hydrogen-bond acceptors (Lipinski definition) is 4. The quantitative estimate of drug-likeness (QED) is 0.669. The smallest absolute Gasteiger partial charge is 0.411 e. The highest BCUT2D eigenvalue weighted by Gasteiger charge is 2.27. The fourth-order valence-corrected chi connectivity index (χ4v) is 1.66. The third kappa shape index (κ3) is 9.01. The first kappa shape index (κ1) is 17.4. The lowest BCUT2D eigenvalue weighted by molar-refractivity contribution is -0.174. The van der Waals surface area contributed by atoms with Gasteiger partial charge in [-0.1, -0.05) is 5.21 Å². The molecule has 1 aromatic rings. The van der Waals surface area contributed by atoms with Gasteiger partial charge in [-0.05, 0) is 25.7 Å². The maximum absolute atomic E-state index is 11.8. The van der Waals surface area contributed by atoms with Gasteiger partial charge in [0.05, 0.1) is 5.69 Å². The van der Waals surface area contributed by atoms with Gasteiger partial charge in [0.15, 0.2) is 0 Å². The summed E-state index contributed by atoms with van der Waals surface area (Å²) in [5, 5.41) is 16.3. The van der Waals surface area contributed by atoms with Gasteiger partial charge in [0.2, 0.25) is 0 Å². The molecule has 21 heavy (non-hydrogen) atoms. The van der Waals surface area contributed by atoms with Gasteiger partial charge in [-0.15, -0.1) is 5.10 Å². The van der Waals surface area contributed by atoms with E-state index in [1.54, 1.807) is 10.9 Å². The standard InChI is InChI=1S/C12H18F3N3O3/c13-12(14,15)9-21-7-3-6-18-8-10(16-17-18)4-1-2-5-11(19)20/h8H,1-7,9H2,(H,19,20). The predicted octanol–water partition coefficient (Wildman–Crippen LogP) is 2.04. The molecule has 0 aliphatic carbocycles. The maximum atomic E-state index is 11.8. The van der Waals surface area contributed by atoms with E-state index >= 15 is 0 Å². The summed E-state index contributed by atoms with van der Waals surface area (Å²) in [6.45, 7) is -0.799. The van der Waals surface area contributed by atoms with E-state index in [2.05, 4.69) is 15.0 Å². The molecule has 0 fully saturated rings. The Balaban J connectivity index is 2.13. The van der Waals surface area contributed by atoms with Crippen LogP contribution in [0.5, 0.6) is 0 Å². The molecule has 0 unspecified atom stereocenters. The summed E-state index contributed by atoms with van der Waals surface area (Å²) in [5.74, 6) is -0.822. The number of alkyl halides is 3. The van der Waals surface area contributed by atoms with Gasteiger partial charge in [-0.25, -0.2) is 0 Å². The fourth-order valence-electron chi connectivity index (χ4n) is 1.66. The van der Waals surface area contributed by atoms with Crippen molar-refractivity contribution in [1.29, 1.82) is 0 Å². The van der Waals surface area contributed by atoms with Crippen LogP contribution in [0.2, 0.25) is 0 Å². The van der Waals surface area contributed by atoms with Gasteiger partial charge in [-0.2, -0.15) is 13.2 Å². The van der Waals surface area contributed by atoms with Crippen molar-refractivity contribution >= 4 is 5.97 Å². The molecule has 0 amide bonds. The van der Waals surface area contributed by atoms with Gasteiger partial charge in [0, 0.05) is 25.8 Å². The molecule has 0 saturated heterocycles. The molecule has 1 aromatic heterocycles. The Morgan fingerprint density at radius 1 is 1.33 bits per heavy atom. The molecule has 0 aromatic carbocycles. The van der Waals surface area contributed by atoms with Crippen LogP contribution in [0, 0.1) is 0 Å². The number of carbonyl (C=O) groups is 1. The molecule has 0 spiro atoms. The van der Waals surface area contributed by atoms with Crippen molar-refractivity contribution in [2.45, 2.75) is 44.8 Å². The predicted molar refractivity (Wildman–Crippen MR) is 66.7 cm³/mol. The molecule has 6 nitrogen and oxygen atoms in total. The van der Waals surface area contributed by atoms with Gasteiger partial charge >= 0.3 is 12.1 Å². The van der Waals surface area contributed by atoms with Gasteiger partial charge in [0.1, 0.15) is 6.61 Å². The highest BCUT2D eigenvalue weighted by molar-refractivity contribution is 5.66. The minimum Gasteiger partial charge on any atom is -0.481 e. The molecule has 120 valence electrons. The van der Waals surface area contributed by atoms with Gasteiger partial charge < -0.3 is 9.84 Å². The molecule has 0 atom stereocenters. The van der Waals surface area contributed by atoms with E-state index in [0.29, 0.717) is 32.2 Å². The monoisotopic (exact) mass is 309 g/mol. The molecule has 1 N–H and O–H groups in total. The number of hydrogen-bond donors (Lipinski definition) is 1. The Hall–Kier alpha value is -1.64. The van der Waals surface area contributed by atoms with Gasteiger partial charge in [0.25, 0.3) is 0 Å². The summed E-state index contributed by atoms with van der Waals surface area (Å²) in [6, 6.07) is 0. The van der Waals surface area contributed by atoms with E-state index in [1.165, 1.54) is 0 Å². The average Bonchev–Trinajstić information content (AvgIpc) is 2.80. The Morgan fingerprint density at radius 2 is 2.10 bits per heavy atom. The first-order valence-electron chi connectivity index (χ1n) is 6.62. The minimum absolute atomic E-state index is 0.00726. The second-order valence-corrected chi connectivity index (χ2v) is 4.60. The zero-order chi connectivity index (χ0) is 15.7. The highest BCUT2D eigenvalue weighted by atomic mass is 19.4. The van der Waals surface area contributed by atoms with Crippen molar-refractivity contribution < 1.29 is 27.8 Å². The van der Waals surface area contributed by atoms with E-state index in [0.717, 1.165) is 5.69 Å². The summed E-state index contributed by atoms with van der Waals surface area (Å²) in [4.78, 5) is 10.3. The molecule has 1 rings (SSSR count). The SMILES string of the molecule is O=C(O)CCCCc1cn(CCCOCC(F)(F)F)nn1. The number of carboxylic acid groups (broad SMARTS) is 1. The van der Waals surface area contributed by atoms with E-state index < -0.39 is 18.8 Å². The summed E-state index contributed by atoms with van der Waals surface area (Å²) in [7, 11) is 0. The van der Waals surface area contributed by atoms with Crippen LogP contribution in [0.3, 0.4) is 0 Å². The van der Waals surface area contributed by atoms with Crippen LogP contribution in [0.15, 0.2) is 6.20 Å². The Bertz CT molecular complexity index is 435. The number of aryl methyl sites for hydroxylation is 2. The van der Waals surface area contributed by atoms with Crippen LogP contribution in [0.4, 0.5) is 13.2 Å². The molecule has 0 saturated carbocycles. The zero-order valence-corrected chi connectivity index (χ0v) is 11.5.